The first kappa shape index (κ1) is 20.8. The SMILES string of the molecule is O=CN1CCCC1c1cccc(C(=O)Nc2nc3c(s2)CN(Cc2ccccc2)CC3)c1. The summed E-state index contributed by atoms with van der Waals surface area (Å²) in [6.07, 6.45) is 3.73. The van der Waals surface area contributed by atoms with Crippen LogP contribution in [0.3, 0.4) is 0 Å². The Morgan fingerprint density at radius 2 is 2.03 bits per heavy atom. The standard InChI is InChI=1S/C25H26N4O2S/c30-17-29-12-5-10-22(29)19-8-4-9-20(14-19)24(31)27-25-26-21-11-13-28(16-23(21)32-25)15-18-6-2-1-3-7-18/h1-4,6-9,14,17,22H,5,10-13,15-16H2,(H,26,27,31). The number of nitrogens with zero attached hydrogens (tertiary/aromatic N) is 3. The van der Waals surface area contributed by atoms with Crippen molar-refractivity contribution in [3.05, 3.63) is 81.9 Å². The van der Waals surface area contributed by atoms with Crippen molar-refractivity contribution in [2.75, 3.05) is 18.4 Å². The van der Waals surface area contributed by atoms with Gasteiger partial charge in [0.25, 0.3) is 5.91 Å². The van der Waals surface area contributed by atoms with E-state index in [0.717, 1.165) is 63.1 Å². The van der Waals surface area contributed by atoms with Crippen LogP contribution in [0.4, 0.5) is 5.13 Å². The normalized spacial score (nSPS) is 18.4. The molecule has 6 nitrogen and oxygen atoms in total. The van der Waals surface area contributed by atoms with E-state index in [4.69, 9.17) is 0 Å². The molecule has 32 heavy (non-hydrogen) atoms. The summed E-state index contributed by atoms with van der Waals surface area (Å²) in [5.74, 6) is -0.158. The number of amides is 2. The van der Waals surface area contributed by atoms with E-state index in [9.17, 15) is 9.59 Å². The van der Waals surface area contributed by atoms with Gasteiger partial charge in [-0.25, -0.2) is 4.98 Å². The van der Waals surface area contributed by atoms with Crippen molar-refractivity contribution in [1.82, 2.24) is 14.8 Å². The van der Waals surface area contributed by atoms with Gasteiger partial charge in [-0.15, -0.1) is 11.3 Å². The van der Waals surface area contributed by atoms with Crippen molar-refractivity contribution in [2.45, 2.75) is 38.4 Å². The lowest BCUT2D eigenvalue weighted by Crippen LogP contribution is -2.29. The molecule has 1 aromatic heterocycles. The Balaban J connectivity index is 1.25. The third-order valence-corrected chi connectivity index (χ3v) is 7.24. The lowest BCUT2D eigenvalue weighted by atomic mass is 10.0. The van der Waals surface area contributed by atoms with Crippen LogP contribution in [0.5, 0.6) is 0 Å². The summed E-state index contributed by atoms with van der Waals surface area (Å²) in [7, 11) is 0. The van der Waals surface area contributed by atoms with Gasteiger partial charge in [-0.3, -0.25) is 19.8 Å². The molecule has 1 N–H and O–H groups in total. The lowest BCUT2D eigenvalue weighted by Gasteiger charge is -2.25. The maximum absolute atomic E-state index is 12.9. The molecule has 0 spiro atoms. The number of rotatable bonds is 6. The zero-order valence-electron chi connectivity index (χ0n) is 17.9. The highest BCUT2D eigenvalue weighted by molar-refractivity contribution is 7.15. The summed E-state index contributed by atoms with van der Waals surface area (Å²) < 4.78 is 0. The van der Waals surface area contributed by atoms with E-state index in [1.807, 2.05) is 35.2 Å². The van der Waals surface area contributed by atoms with Crippen LogP contribution in [0.1, 0.15) is 50.9 Å². The van der Waals surface area contributed by atoms with E-state index in [1.54, 1.807) is 11.3 Å². The number of anilines is 1. The molecule has 1 saturated heterocycles. The third kappa shape index (κ3) is 4.45. The number of carbonyl (C=O) groups is 2. The Morgan fingerprint density at radius 1 is 1.16 bits per heavy atom. The maximum Gasteiger partial charge on any atom is 0.257 e. The van der Waals surface area contributed by atoms with Crippen molar-refractivity contribution < 1.29 is 9.59 Å². The van der Waals surface area contributed by atoms with Gasteiger partial charge in [0.1, 0.15) is 0 Å². The van der Waals surface area contributed by atoms with E-state index in [1.165, 1.54) is 10.4 Å². The molecule has 0 bridgehead atoms. The molecule has 0 saturated carbocycles. The summed E-state index contributed by atoms with van der Waals surface area (Å²) in [4.78, 5) is 34.4. The molecule has 2 aliphatic rings. The molecule has 164 valence electrons. The van der Waals surface area contributed by atoms with Gasteiger partial charge in [0.15, 0.2) is 5.13 Å². The summed E-state index contributed by atoms with van der Waals surface area (Å²) >= 11 is 1.57. The third-order valence-electron chi connectivity index (χ3n) is 6.24. The fraction of sp³-hybridized carbons (Fsp3) is 0.320. The van der Waals surface area contributed by atoms with Crippen LogP contribution in [0.2, 0.25) is 0 Å². The molecule has 1 unspecified atom stereocenters. The predicted molar refractivity (Wildman–Crippen MR) is 126 cm³/mol. The number of thiazole rings is 1. The van der Waals surface area contributed by atoms with Crippen molar-refractivity contribution >= 4 is 28.8 Å². The highest BCUT2D eigenvalue weighted by Crippen LogP contribution is 2.32. The van der Waals surface area contributed by atoms with Gasteiger partial charge in [-0.05, 0) is 36.1 Å². The molecule has 0 radical (unpaired) electrons. The number of nitrogens with one attached hydrogen (secondary N) is 1. The van der Waals surface area contributed by atoms with E-state index >= 15 is 0 Å². The second-order valence-electron chi connectivity index (χ2n) is 8.42. The Morgan fingerprint density at radius 3 is 2.88 bits per heavy atom. The molecule has 7 heteroatoms. The molecule has 2 aliphatic heterocycles. The second-order valence-corrected chi connectivity index (χ2v) is 9.50. The monoisotopic (exact) mass is 446 g/mol. The van der Waals surface area contributed by atoms with Gasteiger partial charge < -0.3 is 4.90 Å². The zero-order chi connectivity index (χ0) is 21.9. The molecule has 3 aromatic rings. The molecule has 2 aromatic carbocycles. The fourth-order valence-corrected chi connectivity index (χ4v) is 5.65. The Labute approximate surface area is 191 Å². The smallest absolute Gasteiger partial charge is 0.257 e. The first-order valence-electron chi connectivity index (χ1n) is 11.1. The van der Waals surface area contributed by atoms with Gasteiger partial charge >= 0.3 is 0 Å². The number of carbonyl (C=O) groups excluding carboxylic acids is 2. The zero-order valence-corrected chi connectivity index (χ0v) is 18.7. The quantitative estimate of drug-likeness (QED) is 0.575. The van der Waals surface area contributed by atoms with Crippen molar-refractivity contribution in [2.24, 2.45) is 0 Å². The summed E-state index contributed by atoms with van der Waals surface area (Å²) in [5.41, 5.74) is 4.01. The van der Waals surface area contributed by atoms with Crippen LogP contribution in [0, 0.1) is 0 Å². The van der Waals surface area contributed by atoms with Crippen LogP contribution in [0.15, 0.2) is 54.6 Å². The molecule has 0 aliphatic carbocycles. The van der Waals surface area contributed by atoms with Crippen molar-refractivity contribution in [3.8, 4) is 0 Å². The van der Waals surface area contributed by atoms with Gasteiger partial charge in [0.05, 0.1) is 11.7 Å². The minimum atomic E-state index is -0.158. The lowest BCUT2D eigenvalue weighted by molar-refractivity contribution is -0.118. The number of fused-ring (bicyclic) bond motifs is 1. The van der Waals surface area contributed by atoms with Crippen LogP contribution < -0.4 is 5.32 Å². The van der Waals surface area contributed by atoms with Crippen LogP contribution in [-0.4, -0.2) is 40.2 Å². The molecular weight excluding hydrogens is 420 g/mol. The van der Waals surface area contributed by atoms with Crippen LogP contribution in [0.25, 0.3) is 0 Å². The first-order valence-corrected chi connectivity index (χ1v) is 11.9. The van der Waals surface area contributed by atoms with Gasteiger partial charge in [-0.2, -0.15) is 0 Å². The minimum Gasteiger partial charge on any atom is -0.338 e. The highest BCUT2D eigenvalue weighted by atomic mass is 32.1. The number of hydrogen-bond donors (Lipinski definition) is 1. The van der Waals surface area contributed by atoms with E-state index in [-0.39, 0.29) is 11.9 Å². The fourth-order valence-electron chi connectivity index (χ4n) is 4.61. The highest BCUT2D eigenvalue weighted by Gasteiger charge is 2.25. The predicted octanol–water partition coefficient (Wildman–Crippen LogP) is 4.25. The molecule has 3 heterocycles. The van der Waals surface area contributed by atoms with Crippen molar-refractivity contribution in [1.29, 1.82) is 0 Å². The first-order chi connectivity index (χ1) is 15.7. The van der Waals surface area contributed by atoms with Gasteiger partial charge in [-0.1, -0.05) is 42.5 Å². The Kier molecular flexibility index (Phi) is 6.01. The van der Waals surface area contributed by atoms with E-state index in [2.05, 4.69) is 39.5 Å². The Hall–Kier alpha value is -3.03. The average molecular weight is 447 g/mol. The van der Waals surface area contributed by atoms with Gasteiger partial charge in [0.2, 0.25) is 6.41 Å². The van der Waals surface area contributed by atoms with E-state index in [0.29, 0.717) is 10.7 Å². The molecule has 5 rings (SSSR count). The minimum absolute atomic E-state index is 0.0584. The summed E-state index contributed by atoms with van der Waals surface area (Å²) in [6, 6.07) is 18.1. The number of aromatic nitrogens is 1. The topological polar surface area (TPSA) is 65.5 Å². The molecule has 2 amide bonds. The number of likely N-dealkylation sites (tertiary alicyclic amines) is 1. The van der Waals surface area contributed by atoms with Crippen molar-refractivity contribution in [3.63, 3.8) is 0 Å². The molecular formula is C25H26N4O2S. The van der Waals surface area contributed by atoms with Gasteiger partial charge in [0, 0.05) is 43.0 Å². The summed E-state index contributed by atoms with van der Waals surface area (Å²) in [6.45, 7) is 3.52. The second kappa shape index (κ2) is 9.22. The number of benzene rings is 2. The Bertz CT molecular complexity index is 1110. The summed E-state index contributed by atoms with van der Waals surface area (Å²) in [5, 5.41) is 3.64. The maximum atomic E-state index is 12.9. The number of hydrogen-bond acceptors (Lipinski definition) is 5. The van der Waals surface area contributed by atoms with E-state index < -0.39 is 0 Å². The van der Waals surface area contributed by atoms with Crippen LogP contribution >= 0.6 is 11.3 Å². The molecule has 1 fully saturated rings. The molecule has 1 atom stereocenters. The average Bonchev–Trinajstić information content (AvgIpc) is 3.46. The largest absolute Gasteiger partial charge is 0.338 e. The van der Waals surface area contributed by atoms with Crippen LogP contribution in [-0.2, 0) is 24.3 Å².